The van der Waals surface area contributed by atoms with Crippen molar-refractivity contribution < 1.29 is 15.3 Å². The van der Waals surface area contributed by atoms with Crippen molar-refractivity contribution in [2.24, 2.45) is 0 Å². The van der Waals surface area contributed by atoms with E-state index in [0.29, 0.717) is 18.6 Å². The number of phenolic OH excluding ortho intramolecular Hbond substituents is 1. The maximum Gasteiger partial charge on any atom is 0.120 e. The van der Waals surface area contributed by atoms with Gasteiger partial charge in [-0.15, -0.1) is 0 Å². The van der Waals surface area contributed by atoms with E-state index in [1.165, 1.54) is 6.42 Å². The molecule has 1 fully saturated rings. The van der Waals surface area contributed by atoms with Crippen molar-refractivity contribution in [3.8, 4) is 5.75 Å². The first-order valence-electron chi connectivity index (χ1n) is 13.1. The smallest absolute Gasteiger partial charge is 0.120 e. The van der Waals surface area contributed by atoms with E-state index < -0.39 is 5.41 Å². The molecule has 3 aromatic rings. The Morgan fingerprint density at radius 1 is 0.861 bits per heavy atom. The average Bonchev–Trinajstić information content (AvgIpc) is 2.91. The van der Waals surface area contributed by atoms with Crippen LogP contribution in [-0.4, -0.2) is 39.9 Å². The summed E-state index contributed by atoms with van der Waals surface area (Å²) in [7, 11) is 0. The van der Waals surface area contributed by atoms with E-state index in [9.17, 15) is 15.3 Å². The van der Waals surface area contributed by atoms with Crippen LogP contribution in [0.1, 0.15) is 74.2 Å². The molecule has 3 aromatic carbocycles. The lowest BCUT2D eigenvalue weighted by Crippen LogP contribution is -2.34. The molecule has 4 nitrogen and oxygen atoms in total. The van der Waals surface area contributed by atoms with Crippen LogP contribution in [-0.2, 0) is 5.41 Å². The van der Waals surface area contributed by atoms with Crippen LogP contribution in [0.15, 0.2) is 84.6 Å². The molecular formula is C32H39NO3. The van der Waals surface area contributed by atoms with Crippen LogP contribution in [0.25, 0.3) is 5.57 Å². The van der Waals surface area contributed by atoms with Gasteiger partial charge in [0.05, 0.1) is 6.61 Å². The highest BCUT2D eigenvalue weighted by atomic mass is 16.3. The number of phenols is 1. The molecule has 1 saturated heterocycles. The molecule has 0 aliphatic carbocycles. The molecule has 4 heteroatoms. The summed E-state index contributed by atoms with van der Waals surface area (Å²) in [5, 5.41) is 32.3. The van der Waals surface area contributed by atoms with E-state index in [-0.39, 0.29) is 18.4 Å². The zero-order valence-electron chi connectivity index (χ0n) is 21.5. The van der Waals surface area contributed by atoms with Gasteiger partial charge < -0.3 is 15.3 Å². The number of aliphatic hydroxyl groups excluding tert-OH is 2. The molecule has 0 amide bonds. The van der Waals surface area contributed by atoms with Gasteiger partial charge in [-0.1, -0.05) is 93.1 Å². The first-order chi connectivity index (χ1) is 17.4. The highest BCUT2D eigenvalue weighted by Crippen LogP contribution is 2.38. The lowest BCUT2D eigenvalue weighted by atomic mass is 9.84. The summed E-state index contributed by atoms with van der Waals surface area (Å²) in [4.78, 5) is 2.45. The summed E-state index contributed by atoms with van der Waals surface area (Å²) in [5.74, 6) is 0.631. The molecule has 1 unspecified atom stereocenters. The fraction of sp³-hybridized carbons (Fsp3) is 0.375. The number of allylic oxidation sites excluding steroid dienone is 1. The van der Waals surface area contributed by atoms with Gasteiger partial charge in [0.15, 0.2) is 0 Å². The SMILES string of the molecule is CC(C)(CO)c1ccc(C(CCC(O)=C(c2ccccc2)c2ccccc2)N2CCCCC2)c(O)c1. The predicted octanol–water partition coefficient (Wildman–Crippen LogP) is 6.99. The first kappa shape index (κ1) is 26.0. The van der Waals surface area contributed by atoms with Gasteiger partial charge in [-0.2, -0.15) is 0 Å². The minimum absolute atomic E-state index is 0.00605. The number of benzene rings is 3. The lowest BCUT2D eigenvalue weighted by Gasteiger charge is -2.35. The zero-order valence-corrected chi connectivity index (χ0v) is 21.5. The molecule has 1 aliphatic heterocycles. The van der Waals surface area contributed by atoms with Crippen LogP contribution < -0.4 is 0 Å². The van der Waals surface area contributed by atoms with Gasteiger partial charge in [0, 0.05) is 29.0 Å². The summed E-state index contributed by atoms with van der Waals surface area (Å²) in [6.07, 6.45) is 4.73. The van der Waals surface area contributed by atoms with Gasteiger partial charge in [0.25, 0.3) is 0 Å². The van der Waals surface area contributed by atoms with E-state index in [1.54, 1.807) is 6.07 Å². The second kappa shape index (κ2) is 11.8. The molecule has 190 valence electrons. The first-order valence-corrected chi connectivity index (χ1v) is 13.1. The Morgan fingerprint density at radius 2 is 1.44 bits per heavy atom. The minimum atomic E-state index is -0.419. The average molecular weight is 486 g/mol. The van der Waals surface area contributed by atoms with Gasteiger partial charge in [-0.25, -0.2) is 0 Å². The Labute approximate surface area is 215 Å². The predicted molar refractivity (Wildman–Crippen MR) is 147 cm³/mol. The van der Waals surface area contributed by atoms with E-state index in [0.717, 1.165) is 53.8 Å². The van der Waals surface area contributed by atoms with Crippen LogP contribution in [0.5, 0.6) is 5.75 Å². The van der Waals surface area contributed by atoms with Gasteiger partial charge >= 0.3 is 0 Å². The number of hydrogen-bond donors (Lipinski definition) is 3. The number of likely N-dealkylation sites (tertiary alicyclic amines) is 1. The molecule has 1 atom stereocenters. The van der Waals surface area contributed by atoms with E-state index >= 15 is 0 Å². The Morgan fingerprint density at radius 3 is 1.97 bits per heavy atom. The van der Waals surface area contributed by atoms with Crippen molar-refractivity contribution in [2.75, 3.05) is 19.7 Å². The second-order valence-corrected chi connectivity index (χ2v) is 10.5. The van der Waals surface area contributed by atoms with Crippen LogP contribution in [0.4, 0.5) is 0 Å². The van der Waals surface area contributed by atoms with Crippen molar-refractivity contribution in [3.05, 3.63) is 107 Å². The molecule has 0 aromatic heterocycles. The molecular weight excluding hydrogens is 446 g/mol. The van der Waals surface area contributed by atoms with E-state index in [1.807, 2.05) is 86.6 Å². The molecule has 0 saturated carbocycles. The van der Waals surface area contributed by atoms with Crippen LogP contribution in [0.2, 0.25) is 0 Å². The summed E-state index contributed by atoms with van der Waals surface area (Å²) < 4.78 is 0. The standard InChI is InChI=1S/C32H39NO3/c1-32(2,23-34)26-16-17-27(30(36)22-26)28(33-20-10-5-11-21-33)18-19-29(35)31(24-12-6-3-7-13-24)25-14-8-4-9-15-25/h3-4,6-9,12-17,22,28,34-36H,5,10-11,18-21,23H2,1-2H3. The number of nitrogens with zero attached hydrogens (tertiary/aromatic N) is 1. The van der Waals surface area contributed by atoms with Crippen LogP contribution in [0.3, 0.4) is 0 Å². The third kappa shape index (κ3) is 6.00. The molecule has 3 N–H and O–H groups in total. The van der Waals surface area contributed by atoms with Gasteiger partial charge in [-0.3, -0.25) is 4.90 Å². The maximum absolute atomic E-state index is 11.4. The Balaban J connectivity index is 1.67. The van der Waals surface area contributed by atoms with E-state index in [2.05, 4.69) is 4.90 Å². The highest BCUT2D eigenvalue weighted by Gasteiger charge is 2.27. The number of rotatable bonds is 9. The number of aliphatic hydroxyl groups is 2. The van der Waals surface area contributed by atoms with Gasteiger partial charge in [0.1, 0.15) is 11.5 Å². The molecule has 36 heavy (non-hydrogen) atoms. The van der Waals surface area contributed by atoms with E-state index in [4.69, 9.17) is 0 Å². The lowest BCUT2D eigenvalue weighted by molar-refractivity contribution is 0.150. The van der Waals surface area contributed by atoms with Crippen molar-refractivity contribution >= 4 is 5.57 Å². The number of hydrogen-bond acceptors (Lipinski definition) is 4. The molecule has 0 spiro atoms. The maximum atomic E-state index is 11.4. The Hall–Kier alpha value is -3.08. The normalized spacial score (nSPS) is 15.4. The Bertz CT molecular complexity index is 1110. The monoisotopic (exact) mass is 485 g/mol. The zero-order chi connectivity index (χ0) is 25.5. The highest BCUT2D eigenvalue weighted by molar-refractivity contribution is 5.81. The molecule has 4 rings (SSSR count). The summed E-state index contributed by atoms with van der Waals surface area (Å²) >= 11 is 0. The van der Waals surface area contributed by atoms with Crippen molar-refractivity contribution in [1.29, 1.82) is 0 Å². The van der Waals surface area contributed by atoms with Crippen molar-refractivity contribution in [3.63, 3.8) is 0 Å². The molecule has 1 heterocycles. The molecule has 0 radical (unpaired) electrons. The third-order valence-electron chi connectivity index (χ3n) is 7.47. The van der Waals surface area contributed by atoms with Crippen LogP contribution in [0, 0.1) is 0 Å². The van der Waals surface area contributed by atoms with Crippen LogP contribution >= 0.6 is 0 Å². The summed E-state index contributed by atoms with van der Waals surface area (Å²) in [6.45, 7) is 5.94. The topological polar surface area (TPSA) is 63.9 Å². The van der Waals surface area contributed by atoms with Crippen molar-refractivity contribution in [1.82, 2.24) is 4.90 Å². The fourth-order valence-electron chi connectivity index (χ4n) is 5.21. The largest absolute Gasteiger partial charge is 0.512 e. The molecule has 0 bridgehead atoms. The minimum Gasteiger partial charge on any atom is -0.512 e. The summed E-state index contributed by atoms with van der Waals surface area (Å²) in [5.41, 5.74) is 4.24. The van der Waals surface area contributed by atoms with Gasteiger partial charge in [0.2, 0.25) is 0 Å². The molecule has 1 aliphatic rings. The second-order valence-electron chi connectivity index (χ2n) is 10.5. The summed E-state index contributed by atoms with van der Waals surface area (Å²) in [6, 6.07) is 25.9. The third-order valence-corrected chi connectivity index (χ3v) is 7.47. The van der Waals surface area contributed by atoms with Gasteiger partial charge in [-0.05, 0) is 55.1 Å². The number of piperidine rings is 1. The fourth-order valence-corrected chi connectivity index (χ4v) is 5.21. The Kier molecular flexibility index (Phi) is 8.50. The van der Waals surface area contributed by atoms with Crippen molar-refractivity contribution in [2.45, 2.75) is 57.4 Å². The number of aromatic hydroxyl groups is 1. The quantitative estimate of drug-likeness (QED) is 0.286.